The maximum absolute atomic E-state index is 13.9. The standard InChI is InChI=1S/C18H23FN2O4S/c1-12(22)16-3-2-15(8-17(16)19)26(24,25)11-18(23)21-6-4-13-9-20-10-14(13)5-7-21/h2-3,8,13-14,20H,4-7,9-11H2,1H3/t13-,14+. The molecule has 0 saturated carbocycles. The lowest BCUT2D eigenvalue weighted by atomic mass is 9.92. The molecule has 1 amide bonds. The van der Waals surface area contributed by atoms with Gasteiger partial charge in [-0.15, -0.1) is 0 Å². The molecule has 142 valence electrons. The number of likely N-dealkylation sites (tertiary alicyclic amines) is 1. The van der Waals surface area contributed by atoms with Gasteiger partial charge in [0, 0.05) is 13.1 Å². The minimum atomic E-state index is -3.96. The van der Waals surface area contributed by atoms with Crippen molar-refractivity contribution in [3.05, 3.63) is 29.6 Å². The normalized spacial score (nSPS) is 23.4. The molecule has 0 unspecified atom stereocenters. The van der Waals surface area contributed by atoms with Crippen molar-refractivity contribution >= 4 is 21.5 Å². The number of carbonyl (C=O) groups is 2. The van der Waals surface area contributed by atoms with E-state index in [0.29, 0.717) is 24.9 Å². The second-order valence-corrected chi connectivity index (χ2v) is 9.08. The molecule has 3 rings (SSSR count). The summed E-state index contributed by atoms with van der Waals surface area (Å²) in [5, 5.41) is 3.35. The number of rotatable bonds is 4. The zero-order valence-corrected chi connectivity index (χ0v) is 15.5. The second-order valence-electron chi connectivity index (χ2n) is 7.09. The van der Waals surface area contributed by atoms with Gasteiger partial charge in [0.15, 0.2) is 15.6 Å². The van der Waals surface area contributed by atoms with E-state index in [0.717, 1.165) is 38.1 Å². The van der Waals surface area contributed by atoms with Crippen LogP contribution in [0.3, 0.4) is 0 Å². The van der Waals surface area contributed by atoms with E-state index in [1.165, 1.54) is 13.0 Å². The Morgan fingerprint density at radius 1 is 1.19 bits per heavy atom. The third kappa shape index (κ3) is 3.96. The Kier molecular flexibility index (Phi) is 5.43. The fourth-order valence-corrected chi connectivity index (χ4v) is 5.01. The van der Waals surface area contributed by atoms with Gasteiger partial charge in [0.05, 0.1) is 10.5 Å². The minimum Gasteiger partial charge on any atom is -0.342 e. The van der Waals surface area contributed by atoms with Crippen LogP contribution in [-0.4, -0.2) is 56.9 Å². The van der Waals surface area contributed by atoms with Gasteiger partial charge >= 0.3 is 0 Å². The molecule has 1 aromatic rings. The van der Waals surface area contributed by atoms with Crippen LogP contribution in [0.1, 0.15) is 30.1 Å². The number of ketones is 1. The molecule has 2 aliphatic heterocycles. The van der Waals surface area contributed by atoms with Crippen molar-refractivity contribution in [3.63, 3.8) is 0 Å². The summed E-state index contributed by atoms with van der Waals surface area (Å²) in [6, 6.07) is 3.15. The molecule has 2 aliphatic rings. The number of benzene rings is 1. The van der Waals surface area contributed by atoms with E-state index < -0.39 is 33.1 Å². The van der Waals surface area contributed by atoms with Crippen molar-refractivity contribution in [1.82, 2.24) is 10.2 Å². The van der Waals surface area contributed by atoms with E-state index in [2.05, 4.69) is 5.32 Å². The highest BCUT2D eigenvalue weighted by Gasteiger charge is 2.32. The Labute approximate surface area is 152 Å². The van der Waals surface area contributed by atoms with Crippen LogP contribution in [0.2, 0.25) is 0 Å². The fraction of sp³-hybridized carbons (Fsp3) is 0.556. The van der Waals surface area contributed by atoms with Crippen LogP contribution in [0.25, 0.3) is 0 Å². The number of sulfone groups is 1. The molecular weight excluding hydrogens is 359 g/mol. The lowest BCUT2D eigenvalue weighted by molar-refractivity contribution is -0.128. The first-order valence-electron chi connectivity index (χ1n) is 8.79. The summed E-state index contributed by atoms with van der Waals surface area (Å²) in [6.07, 6.45) is 1.73. The third-order valence-corrected chi connectivity index (χ3v) is 6.96. The Hall–Kier alpha value is -1.80. The monoisotopic (exact) mass is 382 g/mol. The molecule has 2 heterocycles. The molecule has 0 radical (unpaired) electrons. The fourth-order valence-electron chi connectivity index (χ4n) is 3.78. The lowest BCUT2D eigenvalue weighted by Crippen LogP contribution is -2.37. The van der Waals surface area contributed by atoms with Gasteiger partial charge in [0.25, 0.3) is 0 Å². The third-order valence-electron chi connectivity index (χ3n) is 5.36. The molecule has 2 atom stereocenters. The van der Waals surface area contributed by atoms with Crippen LogP contribution in [0, 0.1) is 17.7 Å². The van der Waals surface area contributed by atoms with Gasteiger partial charge in [0.1, 0.15) is 11.6 Å². The van der Waals surface area contributed by atoms with Gasteiger partial charge in [-0.05, 0) is 62.9 Å². The van der Waals surface area contributed by atoms with Gasteiger partial charge in [-0.25, -0.2) is 12.8 Å². The van der Waals surface area contributed by atoms with E-state index in [1.54, 1.807) is 4.90 Å². The average molecular weight is 382 g/mol. The predicted octanol–water partition coefficient (Wildman–Crippen LogP) is 1.26. The van der Waals surface area contributed by atoms with Gasteiger partial charge < -0.3 is 10.2 Å². The molecule has 0 bridgehead atoms. The Morgan fingerprint density at radius 2 is 1.81 bits per heavy atom. The summed E-state index contributed by atoms with van der Waals surface area (Å²) in [5.41, 5.74) is -0.164. The predicted molar refractivity (Wildman–Crippen MR) is 94.1 cm³/mol. The zero-order chi connectivity index (χ0) is 18.9. The summed E-state index contributed by atoms with van der Waals surface area (Å²) in [4.78, 5) is 25.1. The van der Waals surface area contributed by atoms with Crippen LogP contribution in [-0.2, 0) is 14.6 Å². The van der Waals surface area contributed by atoms with Crippen molar-refractivity contribution in [2.45, 2.75) is 24.7 Å². The van der Waals surface area contributed by atoms with Crippen LogP contribution >= 0.6 is 0 Å². The molecule has 1 N–H and O–H groups in total. The van der Waals surface area contributed by atoms with Gasteiger partial charge in [0.2, 0.25) is 5.91 Å². The molecule has 0 aliphatic carbocycles. The van der Waals surface area contributed by atoms with Crippen LogP contribution in [0.15, 0.2) is 23.1 Å². The van der Waals surface area contributed by atoms with E-state index in [4.69, 9.17) is 0 Å². The maximum Gasteiger partial charge on any atom is 0.238 e. The van der Waals surface area contributed by atoms with Crippen molar-refractivity contribution in [3.8, 4) is 0 Å². The zero-order valence-electron chi connectivity index (χ0n) is 14.7. The first kappa shape index (κ1) is 19.0. The van der Waals surface area contributed by atoms with E-state index in [9.17, 15) is 22.4 Å². The largest absolute Gasteiger partial charge is 0.342 e. The van der Waals surface area contributed by atoms with Crippen molar-refractivity contribution < 1.29 is 22.4 Å². The highest BCUT2D eigenvalue weighted by atomic mass is 32.2. The summed E-state index contributed by atoms with van der Waals surface area (Å²) < 4.78 is 38.9. The molecule has 2 saturated heterocycles. The first-order chi connectivity index (χ1) is 12.3. The van der Waals surface area contributed by atoms with E-state index >= 15 is 0 Å². The molecule has 1 aromatic carbocycles. The number of nitrogens with one attached hydrogen (secondary N) is 1. The maximum atomic E-state index is 13.9. The molecular formula is C18H23FN2O4S. The molecule has 0 spiro atoms. The minimum absolute atomic E-state index is 0.164. The molecule has 26 heavy (non-hydrogen) atoms. The quantitative estimate of drug-likeness (QED) is 0.793. The topological polar surface area (TPSA) is 83.5 Å². The van der Waals surface area contributed by atoms with Gasteiger partial charge in [-0.2, -0.15) is 0 Å². The Morgan fingerprint density at radius 3 is 2.35 bits per heavy atom. The van der Waals surface area contributed by atoms with E-state index in [-0.39, 0.29) is 10.5 Å². The van der Waals surface area contributed by atoms with Crippen molar-refractivity contribution in [1.29, 1.82) is 0 Å². The van der Waals surface area contributed by atoms with Crippen molar-refractivity contribution in [2.75, 3.05) is 31.9 Å². The number of nitrogens with zero attached hydrogens (tertiary/aromatic N) is 1. The SMILES string of the molecule is CC(=O)c1ccc(S(=O)(=O)CC(=O)N2CC[C@@H]3CNC[C@@H]3CC2)cc1F. The highest BCUT2D eigenvalue weighted by molar-refractivity contribution is 7.92. The molecule has 6 nitrogen and oxygen atoms in total. The highest BCUT2D eigenvalue weighted by Crippen LogP contribution is 2.27. The van der Waals surface area contributed by atoms with Crippen LogP contribution in [0.4, 0.5) is 4.39 Å². The smallest absolute Gasteiger partial charge is 0.238 e. The molecule has 8 heteroatoms. The number of fused-ring (bicyclic) bond motifs is 1. The number of halogens is 1. The Balaban J connectivity index is 1.70. The van der Waals surface area contributed by atoms with Gasteiger partial charge in [-0.3, -0.25) is 9.59 Å². The van der Waals surface area contributed by atoms with Gasteiger partial charge in [-0.1, -0.05) is 0 Å². The summed E-state index contributed by atoms with van der Waals surface area (Å²) >= 11 is 0. The van der Waals surface area contributed by atoms with E-state index in [1.807, 2.05) is 0 Å². The van der Waals surface area contributed by atoms with Crippen LogP contribution in [0.5, 0.6) is 0 Å². The molecule has 0 aromatic heterocycles. The average Bonchev–Trinajstić information content (AvgIpc) is 2.92. The number of amides is 1. The summed E-state index contributed by atoms with van der Waals surface area (Å²) in [6.45, 7) is 4.21. The number of Topliss-reactive ketones (excluding diaryl/α,β-unsaturated/α-hetero) is 1. The van der Waals surface area contributed by atoms with Crippen molar-refractivity contribution in [2.24, 2.45) is 11.8 Å². The summed E-state index contributed by atoms with van der Waals surface area (Å²) in [7, 11) is -3.96. The van der Waals surface area contributed by atoms with Crippen LogP contribution < -0.4 is 5.32 Å². The number of hydrogen-bond donors (Lipinski definition) is 1. The number of hydrogen-bond acceptors (Lipinski definition) is 5. The second kappa shape index (κ2) is 7.44. The number of carbonyl (C=O) groups excluding carboxylic acids is 2. The molecule has 2 fully saturated rings. The first-order valence-corrected chi connectivity index (χ1v) is 10.4. The lowest BCUT2D eigenvalue weighted by Gasteiger charge is -2.21. The summed E-state index contributed by atoms with van der Waals surface area (Å²) in [5.74, 6) is -1.42. The Bertz CT molecular complexity index is 810.